The van der Waals surface area contributed by atoms with Gasteiger partial charge in [-0.25, -0.2) is 22.0 Å². The van der Waals surface area contributed by atoms with Crippen molar-refractivity contribution in [1.82, 2.24) is 0 Å². The minimum atomic E-state index is -2.22. The molecule has 0 radical (unpaired) electrons. The van der Waals surface area contributed by atoms with Crippen LogP contribution in [0.25, 0.3) is 0 Å². The van der Waals surface area contributed by atoms with Crippen molar-refractivity contribution < 1.29 is 27.1 Å². The molecular weight excluding hydrogens is 255 g/mol. The van der Waals surface area contributed by atoms with Gasteiger partial charge in [-0.15, -0.1) is 0 Å². The highest BCUT2D eigenvalue weighted by Gasteiger charge is 2.29. The Morgan fingerprint density at radius 3 is 1.56 bits per heavy atom. The molecule has 0 spiro atoms. The molecule has 0 aromatic heterocycles. The van der Waals surface area contributed by atoms with E-state index < -0.39 is 40.8 Å². The first-order valence-corrected chi connectivity index (χ1v) is 5.46. The Hall–Kier alpha value is -1.17. The number of halogens is 5. The summed E-state index contributed by atoms with van der Waals surface area (Å²) in [7, 11) is 0. The standard InChI is InChI=1S/C12H13F5O/c1-5(2)3-4-6(18)7-8(13)10(15)12(17)11(16)9(7)14/h5-6,18H,3-4H2,1-2H3. The van der Waals surface area contributed by atoms with E-state index >= 15 is 0 Å². The van der Waals surface area contributed by atoms with Crippen LogP contribution >= 0.6 is 0 Å². The van der Waals surface area contributed by atoms with Gasteiger partial charge in [0.15, 0.2) is 23.3 Å². The number of aliphatic hydroxyl groups excluding tert-OH is 1. The van der Waals surface area contributed by atoms with Crippen LogP contribution in [0.1, 0.15) is 38.4 Å². The minimum absolute atomic E-state index is 0.0734. The Balaban J connectivity index is 3.16. The second-order valence-electron chi connectivity index (χ2n) is 4.47. The molecule has 0 heterocycles. The predicted molar refractivity (Wildman–Crippen MR) is 55.3 cm³/mol. The number of rotatable bonds is 4. The van der Waals surface area contributed by atoms with Crippen LogP contribution in [0.2, 0.25) is 0 Å². The zero-order valence-electron chi connectivity index (χ0n) is 9.91. The molecule has 1 atom stereocenters. The summed E-state index contributed by atoms with van der Waals surface area (Å²) < 4.78 is 65.1. The summed E-state index contributed by atoms with van der Waals surface area (Å²) in [6.45, 7) is 3.62. The lowest BCUT2D eigenvalue weighted by molar-refractivity contribution is 0.146. The van der Waals surface area contributed by atoms with Gasteiger partial charge < -0.3 is 5.11 Å². The van der Waals surface area contributed by atoms with E-state index in [-0.39, 0.29) is 12.3 Å². The fraction of sp³-hybridized carbons (Fsp3) is 0.500. The highest BCUT2D eigenvalue weighted by Crippen LogP contribution is 2.30. The van der Waals surface area contributed by atoms with Gasteiger partial charge in [-0.3, -0.25) is 0 Å². The Labute approximate surface area is 101 Å². The topological polar surface area (TPSA) is 20.2 Å². The van der Waals surface area contributed by atoms with E-state index in [1.165, 1.54) is 0 Å². The van der Waals surface area contributed by atoms with Gasteiger partial charge in [0, 0.05) is 0 Å². The molecule has 1 aromatic carbocycles. The van der Waals surface area contributed by atoms with Crippen LogP contribution in [0.4, 0.5) is 22.0 Å². The maximum absolute atomic E-state index is 13.3. The van der Waals surface area contributed by atoms with Crippen molar-refractivity contribution in [1.29, 1.82) is 0 Å². The Morgan fingerprint density at radius 1 is 0.778 bits per heavy atom. The van der Waals surface area contributed by atoms with Gasteiger partial charge in [-0.1, -0.05) is 13.8 Å². The van der Waals surface area contributed by atoms with Gasteiger partial charge >= 0.3 is 0 Å². The smallest absolute Gasteiger partial charge is 0.200 e. The molecule has 0 amide bonds. The molecular formula is C12H13F5O. The number of hydrogen-bond acceptors (Lipinski definition) is 1. The van der Waals surface area contributed by atoms with Crippen molar-refractivity contribution in [3.63, 3.8) is 0 Å². The van der Waals surface area contributed by atoms with E-state index in [0.29, 0.717) is 6.42 Å². The van der Waals surface area contributed by atoms with Crippen LogP contribution in [-0.4, -0.2) is 5.11 Å². The van der Waals surface area contributed by atoms with Crippen LogP contribution in [-0.2, 0) is 0 Å². The van der Waals surface area contributed by atoms with Gasteiger partial charge in [0.25, 0.3) is 0 Å². The summed E-state index contributed by atoms with van der Waals surface area (Å²) in [6, 6.07) is 0. The lowest BCUT2D eigenvalue weighted by atomic mass is 9.98. The zero-order valence-corrected chi connectivity index (χ0v) is 9.91. The summed E-state index contributed by atoms with van der Waals surface area (Å²) in [5.41, 5.74) is -1.16. The average molecular weight is 268 g/mol. The van der Waals surface area contributed by atoms with Gasteiger partial charge in [0.1, 0.15) is 0 Å². The first-order chi connectivity index (χ1) is 8.27. The molecule has 0 aliphatic carbocycles. The molecule has 6 heteroatoms. The molecule has 18 heavy (non-hydrogen) atoms. The third-order valence-electron chi connectivity index (χ3n) is 2.59. The lowest BCUT2D eigenvalue weighted by Gasteiger charge is -2.15. The molecule has 0 saturated heterocycles. The summed E-state index contributed by atoms with van der Waals surface area (Å²) in [5, 5.41) is 9.54. The predicted octanol–water partition coefficient (Wildman–Crippen LogP) is 3.85. The van der Waals surface area contributed by atoms with E-state index in [9.17, 15) is 27.1 Å². The fourth-order valence-corrected chi connectivity index (χ4v) is 1.55. The molecule has 0 bridgehead atoms. The van der Waals surface area contributed by atoms with E-state index in [1.807, 2.05) is 13.8 Å². The maximum atomic E-state index is 13.3. The second-order valence-corrected chi connectivity index (χ2v) is 4.47. The fourth-order valence-electron chi connectivity index (χ4n) is 1.55. The summed E-state index contributed by atoms with van der Waals surface area (Å²) in [6.07, 6.45) is -1.38. The monoisotopic (exact) mass is 268 g/mol. The van der Waals surface area contributed by atoms with Crippen molar-refractivity contribution in [2.75, 3.05) is 0 Å². The van der Waals surface area contributed by atoms with Crippen LogP contribution in [0.5, 0.6) is 0 Å². The van der Waals surface area contributed by atoms with Crippen LogP contribution < -0.4 is 0 Å². The van der Waals surface area contributed by atoms with Crippen molar-refractivity contribution in [2.45, 2.75) is 32.8 Å². The van der Waals surface area contributed by atoms with Crippen LogP contribution in [0, 0.1) is 35.0 Å². The first kappa shape index (κ1) is 14.9. The Kier molecular flexibility index (Phi) is 4.67. The van der Waals surface area contributed by atoms with Crippen molar-refractivity contribution >= 4 is 0 Å². The summed E-state index contributed by atoms with van der Waals surface area (Å²) in [5.74, 6) is -10.1. The van der Waals surface area contributed by atoms with Crippen molar-refractivity contribution in [3.8, 4) is 0 Å². The van der Waals surface area contributed by atoms with E-state index in [4.69, 9.17) is 0 Å². The quantitative estimate of drug-likeness (QED) is 0.499. The number of aliphatic hydroxyl groups is 1. The molecule has 0 saturated carbocycles. The Morgan fingerprint density at radius 2 is 1.17 bits per heavy atom. The molecule has 0 fully saturated rings. The summed E-state index contributed by atoms with van der Waals surface area (Å²) in [4.78, 5) is 0. The van der Waals surface area contributed by atoms with Crippen molar-refractivity contribution in [3.05, 3.63) is 34.6 Å². The maximum Gasteiger partial charge on any atom is 0.200 e. The van der Waals surface area contributed by atoms with E-state index in [1.54, 1.807) is 0 Å². The molecule has 1 rings (SSSR count). The average Bonchev–Trinajstić information content (AvgIpc) is 2.31. The highest BCUT2D eigenvalue weighted by molar-refractivity contribution is 5.26. The number of hydrogen-bond donors (Lipinski definition) is 1. The SMILES string of the molecule is CC(C)CCC(O)c1c(F)c(F)c(F)c(F)c1F. The van der Waals surface area contributed by atoms with Gasteiger partial charge in [0.2, 0.25) is 5.82 Å². The first-order valence-electron chi connectivity index (χ1n) is 5.46. The van der Waals surface area contributed by atoms with Gasteiger partial charge in [0.05, 0.1) is 11.7 Å². The lowest BCUT2D eigenvalue weighted by Crippen LogP contribution is -2.12. The molecule has 1 aromatic rings. The molecule has 1 N–H and O–H groups in total. The number of benzene rings is 1. The zero-order chi connectivity index (χ0) is 14.0. The third-order valence-corrected chi connectivity index (χ3v) is 2.59. The highest BCUT2D eigenvalue weighted by atomic mass is 19.2. The molecule has 102 valence electrons. The minimum Gasteiger partial charge on any atom is -0.388 e. The second kappa shape index (κ2) is 5.65. The van der Waals surface area contributed by atoms with Crippen LogP contribution in [0.15, 0.2) is 0 Å². The summed E-state index contributed by atoms with van der Waals surface area (Å²) >= 11 is 0. The molecule has 1 unspecified atom stereocenters. The molecule has 0 aliphatic rings. The van der Waals surface area contributed by atoms with Crippen LogP contribution in [0.3, 0.4) is 0 Å². The Bertz CT molecular complexity index is 416. The largest absolute Gasteiger partial charge is 0.388 e. The van der Waals surface area contributed by atoms with E-state index in [2.05, 4.69) is 0 Å². The van der Waals surface area contributed by atoms with Gasteiger partial charge in [-0.05, 0) is 18.8 Å². The molecule has 0 aliphatic heterocycles. The molecule has 1 nitrogen and oxygen atoms in total. The van der Waals surface area contributed by atoms with Gasteiger partial charge in [-0.2, -0.15) is 0 Å². The van der Waals surface area contributed by atoms with Crippen molar-refractivity contribution in [2.24, 2.45) is 5.92 Å². The van der Waals surface area contributed by atoms with E-state index in [0.717, 1.165) is 0 Å². The normalized spacial score (nSPS) is 13.2. The third kappa shape index (κ3) is 2.80.